The van der Waals surface area contributed by atoms with E-state index in [1.165, 1.54) is 12.4 Å². The number of anilines is 2. The van der Waals surface area contributed by atoms with Crippen LogP contribution in [0.25, 0.3) is 0 Å². The van der Waals surface area contributed by atoms with Crippen LogP contribution in [0.2, 0.25) is 0 Å². The minimum absolute atomic E-state index is 0.0379. The lowest BCUT2D eigenvalue weighted by molar-refractivity contribution is 0.102. The minimum Gasteiger partial charge on any atom is -0.355 e. The van der Waals surface area contributed by atoms with Gasteiger partial charge in [-0.05, 0) is 17.7 Å². The van der Waals surface area contributed by atoms with Crippen LogP contribution in [-0.2, 0) is 6.54 Å². The summed E-state index contributed by atoms with van der Waals surface area (Å²) in [6.07, 6.45) is 1.20. The molecule has 0 aliphatic carbocycles. The molecule has 0 saturated carbocycles. The average Bonchev–Trinajstić information content (AvgIpc) is 2.69. The van der Waals surface area contributed by atoms with Crippen molar-refractivity contribution < 1.29 is 18.0 Å². The lowest BCUT2D eigenvalue weighted by atomic mass is 10.2. The number of nitrogens with one attached hydrogen (secondary N) is 1. The van der Waals surface area contributed by atoms with Crippen LogP contribution in [0.5, 0.6) is 0 Å². The van der Waals surface area contributed by atoms with Gasteiger partial charge >= 0.3 is 0 Å². The molecule has 0 aliphatic rings. The topological polar surface area (TPSA) is 58.1 Å². The lowest BCUT2D eigenvalue weighted by Crippen LogP contribution is -2.20. The van der Waals surface area contributed by atoms with Gasteiger partial charge in [-0.25, -0.2) is 23.1 Å². The van der Waals surface area contributed by atoms with Gasteiger partial charge in [0.25, 0.3) is 5.91 Å². The highest BCUT2D eigenvalue weighted by Gasteiger charge is 2.17. The fourth-order valence-corrected chi connectivity index (χ4v) is 2.43. The molecule has 8 heteroatoms. The van der Waals surface area contributed by atoms with Gasteiger partial charge in [0.05, 0.1) is 5.69 Å². The first-order valence-corrected chi connectivity index (χ1v) is 7.97. The number of nitrogens with zero attached hydrogens (tertiary/aromatic N) is 3. The zero-order chi connectivity index (χ0) is 19.4. The summed E-state index contributed by atoms with van der Waals surface area (Å²) in [7, 11) is 1.80. The van der Waals surface area contributed by atoms with Crippen molar-refractivity contribution in [2.75, 3.05) is 17.3 Å². The Bertz CT molecular complexity index is 966. The van der Waals surface area contributed by atoms with Crippen molar-refractivity contribution in [3.05, 3.63) is 83.6 Å². The van der Waals surface area contributed by atoms with E-state index in [-0.39, 0.29) is 5.69 Å². The molecule has 3 aromatic rings. The van der Waals surface area contributed by atoms with Crippen molar-refractivity contribution in [3.63, 3.8) is 0 Å². The van der Waals surface area contributed by atoms with Gasteiger partial charge in [-0.15, -0.1) is 0 Å². The van der Waals surface area contributed by atoms with E-state index in [9.17, 15) is 18.0 Å². The molecule has 2 aromatic carbocycles. The summed E-state index contributed by atoms with van der Waals surface area (Å²) in [4.78, 5) is 22.1. The minimum atomic E-state index is -1.65. The number of hydrogen-bond donors (Lipinski definition) is 1. The quantitative estimate of drug-likeness (QED) is 0.693. The highest BCUT2D eigenvalue weighted by Crippen LogP contribution is 2.20. The molecule has 0 bridgehead atoms. The first-order valence-electron chi connectivity index (χ1n) is 7.97. The zero-order valence-corrected chi connectivity index (χ0v) is 14.3. The van der Waals surface area contributed by atoms with Crippen molar-refractivity contribution in [2.45, 2.75) is 6.54 Å². The summed E-state index contributed by atoms with van der Waals surface area (Å²) in [5.74, 6) is -4.75. The Labute approximate surface area is 153 Å². The van der Waals surface area contributed by atoms with Crippen LogP contribution in [0, 0.1) is 17.5 Å². The van der Waals surface area contributed by atoms with Crippen molar-refractivity contribution in [1.82, 2.24) is 9.97 Å². The van der Waals surface area contributed by atoms with E-state index >= 15 is 0 Å². The summed E-state index contributed by atoms with van der Waals surface area (Å²) in [5, 5.41) is 2.18. The molecule has 1 aromatic heterocycles. The third-order valence-electron chi connectivity index (χ3n) is 3.82. The molecule has 5 nitrogen and oxygen atoms in total. The summed E-state index contributed by atoms with van der Waals surface area (Å²) in [5.41, 5.74) is 0.536. The van der Waals surface area contributed by atoms with Crippen molar-refractivity contribution >= 4 is 17.4 Å². The Morgan fingerprint density at radius 3 is 2.52 bits per heavy atom. The second kappa shape index (κ2) is 7.86. The third kappa shape index (κ3) is 4.22. The van der Waals surface area contributed by atoms with Gasteiger partial charge in [-0.1, -0.05) is 30.3 Å². The molecule has 0 saturated heterocycles. The number of aromatic nitrogens is 2. The maximum Gasteiger partial charge on any atom is 0.274 e. The summed E-state index contributed by atoms with van der Waals surface area (Å²) < 4.78 is 40.0. The van der Waals surface area contributed by atoms with E-state index in [1.807, 2.05) is 35.2 Å². The van der Waals surface area contributed by atoms with Gasteiger partial charge in [-0.2, -0.15) is 0 Å². The fraction of sp³-hybridized carbons (Fsp3) is 0.105. The Balaban J connectivity index is 1.77. The Kier molecular flexibility index (Phi) is 5.35. The fourth-order valence-electron chi connectivity index (χ4n) is 2.43. The van der Waals surface area contributed by atoms with Crippen LogP contribution >= 0.6 is 0 Å². The van der Waals surface area contributed by atoms with Gasteiger partial charge in [0, 0.05) is 19.7 Å². The van der Waals surface area contributed by atoms with Crippen LogP contribution in [0.1, 0.15) is 16.1 Å². The Morgan fingerprint density at radius 2 is 1.78 bits per heavy atom. The number of carbonyl (C=O) groups is 1. The molecule has 1 amide bonds. The number of carbonyl (C=O) groups excluding carboxylic acids is 1. The van der Waals surface area contributed by atoms with Crippen molar-refractivity contribution in [1.29, 1.82) is 0 Å². The smallest absolute Gasteiger partial charge is 0.274 e. The highest BCUT2D eigenvalue weighted by molar-refractivity contribution is 6.03. The van der Waals surface area contributed by atoms with E-state index in [4.69, 9.17) is 0 Å². The molecule has 1 N–H and O–H groups in total. The second-order valence-corrected chi connectivity index (χ2v) is 5.78. The highest BCUT2D eigenvalue weighted by atomic mass is 19.2. The molecule has 27 heavy (non-hydrogen) atoms. The number of benzene rings is 2. The first kappa shape index (κ1) is 18.4. The van der Waals surface area contributed by atoms with Gasteiger partial charge in [-0.3, -0.25) is 4.79 Å². The largest absolute Gasteiger partial charge is 0.355 e. The number of hydrogen-bond acceptors (Lipinski definition) is 4. The molecule has 1 heterocycles. The van der Waals surface area contributed by atoms with Gasteiger partial charge in [0.2, 0.25) is 0 Å². The van der Waals surface area contributed by atoms with E-state index in [0.717, 1.165) is 17.7 Å². The zero-order valence-electron chi connectivity index (χ0n) is 14.3. The molecule has 0 atom stereocenters. The Hall–Kier alpha value is -3.42. The first-order chi connectivity index (χ1) is 13.0. The summed E-state index contributed by atoms with van der Waals surface area (Å²) in [6, 6.07) is 12.7. The van der Waals surface area contributed by atoms with Crippen LogP contribution < -0.4 is 10.2 Å². The molecule has 138 valence electrons. The van der Waals surface area contributed by atoms with Gasteiger partial charge < -0.3 is 10.2 Å². The number of rotatable bonds is 5. The number of amides is 1. The predicted octanol–water partition coefficient (Wildman–Crippen LogP) is 3.78. The van der Waals surface area contributed by atoms with Crippen molar-refractivity contribution in [2.24, 2.45) is 0 Å². The van der Waals surface area contributed by atoms with Crippen LogP contribution in [0.15, 0.2) is 54.9 Å². The van der Waals surface area contributed by atoms with E-state index in [0.29, 0.717) is 12.4 Å². The standard InChI is InChI=1S/C19H15F3N4O/c1-26(10-12-5-3-2-4-6-12)16-9-15(23-11-24-16)19(27)25-14-8-7-13(20)17(21)18(14)22/h2-9,11H,10H2,1H3,(H,25,27). The molecule has 0 aliphatic heterocycles. The maximum atomic E-state index is 13.7. The maximum absolute atomic E-state index is 13.7. The predicted molar refractivity (Wildman–Crippen MR) is 94.9 cm³/mol. The molecule has 0 fully saturated rings. The average molecular weight is 372 g/mol. The monoisotopic (exact) mass is 372 g/mol. The van der Waals surface area contributed by atoms with Crippen LogP contribution in [0.3, 0.4) is 0 Å². The van der Waals surface area contributed by atoms with Gasteiger partial charge in [0.1, 0.15) is 17.8 Å². The SMILES string of the molecule is CN(Cc1ccccc1)c1cc(C(=O)Nc2ccc(F)c(F)c2F)ncn1. The van der Waals surface area contributed by atoms with Crippen LogP contribution in [0.4, 0.5) is 24.7 Å². The van der Waals surface area contributed by atoms with E-state index in [2.05, 4.69) is 15.3 Å². The summed E-state index contributed by atoms with van der Waals surface area (Å²) in [6.45, 7) is 0.552. The van der Waals surface area contributed by atoms with E-state index in [1.54, 1.807) is 7.05 Å². The van der Waals surface area contributed by atoms with E-state index < -0.39 is 29.0 Å². The Morgan fingerprint density at radius 1 is 1.04 bits per heavy atom. The van der Waals surface area contributed by atoms with Crippen LogP contribution in [-0.4, -0.2) is 22.9 Å². The van der Waals surface area contributed by atoms with Crippen molar-refractivity contribution in [3.8, 4) is 0 Å². The van der Waals surface area contributed by atoms with Gasteiger partial charge in [0.15, 0.2) is 17.5 Å². The summed E-state index contributed by atoms with van der Waals surface area (Å²) >= 11 is 0. The number of halogens is 3. The molecule has 0 radical (unpaired) electrons. The third-order valence-corrected chi connectivity index (χ3v) is 3.82. The molecule has 3 rings (SSSR count). The molecular weight excluding hydrogens is 357 g/mol. The molecule has 0 spiro atoms. The molecular formula is C19H15F3N4O. The molecule has 0 unspecified atom stereocenters. The lowest BCUT2D eigenvalue weighted by Gasteiger charge is -2.18. The second-order valence-electron chi connectivity index (χ2n) is 5.78. The normalized spacial score (nSPS) is 10.5.